The first-order valence-electron chi connectivity index (χ1n) is 9.36. The summed E-state index contributed by atoms with van der Waals surface area (Å²) in [4.78, 5) is 1.50. The summed E-state index contributed by atoms with van der Waals surface area (Å²) in [7, 11) is 0. The standard InChI is InChI=1S/C22H29NO2/c1-22(2,18-8-4-3-5-9-18)19-10-12-21(13-11-19)25-17-20(24)16-23-14-6-7-15-23/h3-5,8-13,20,24H,6-7,14-17H2,1-2H3/p+1/t20-/m1/s1. The summed E-state index contributed by atoms with van der Waals surface area (Å²) in [6.07, 6.45) is 2.16. The molecule has 0 bridgehead atoms. The van der Waals surface area contributed by atoms with Gasteiger partial charge in [-0.1, -0.05) is 56.3 Å². The van der Waals surface area contributed by atoms with Crippen LogP contribution in [-0.2, 0) is 5.41 Å². The van der Waals surface area contributed by atoms with Gasteiger partial charge in [-0.2, -0.15) is 0 Å². The van der Waals surface area contributed by atoms with E-state index in [-0.39, 0.29) is 5.41 Å². The predicted octanol–water partition coefficient (Wildman–Crippen LogP) is 2.43. The van der Waals surface area contributed by atoms with Crippen LogP contribution in [0.3, 0.4) is 0 Å². The van der Waals surface area contributed by atoms with E-state index in [2.05, 4.69) is 50.2 Å². The summed E-state index contributed by atoms with van der Waals surface area (Å²) >= 11 is 0. The van der Waals surface area contributed by atoms with Crippen molar-refractivity contribution in [3.63, 3.8) is 0 Å². The molecular formula is C22H30NO2+. The largest absolute Gasteiger partial charge is 0.491 e. The Labute approximate surface area is 151 Å². The number of nitrogens with one attached hydrogen (secondary N) is 1. The van der Waals surface area contributed by atoms with Crippen molar-refractivity contribution in [1.29, 1.82) is 0 Å². The van der Waals surface area contributed by atoms with Crippen LogP contribution < -0.4 is 9.64 Å². The van der Waals surface area contributed by atoms with Crippen LogP contribution in [-0.4, -0.2) is 37.5 Å². The molecule has 1 fully saturated rings. The maximum absolute atomic E-state index is 10.2. The Kier molecular flexibility index (Phi) is 5.77. The number of hydrogen-bond acceptors (Lipinski definition) is 2. The second kappa shape index (κ2) is 8.03. The van der Waals surface area contributed by atoms with E-state index in [1.807, 2.05) is 18.2 Å². The Morgan fingerprint density at radius 2 is 1.56 bits per heavy atom. The van der Waals surface area contributed by atoms with Gasteiger partial charge in [0, 0.05) is 18.3 Å². The summed E-state index contributed by atoms with van der Waals surface area (Å²) in [5.74, 6) is 0.822. The number of quaternary nitrogens is 1. The van der Waals surface area contributed by atoms with Gasteiger partial charge < -0.3 is 14.7 Å². The maximum atomic E-state index is 10.2. The zero-order valence-corrected chi connectivity index (χ0v) is 15.4. The Hall–Kier alpha value is -1.84. The first kappa shape index (κ1) is 18.0. The molecule has 25 heavy (non-hydrogen) atoms. The highest BCUT2D eigenvalue weighted by Gasteiger charge is 2.23. The summed E-state index contributed by atoms with van der Waals surface area (Å²) in [5, 5.41) is 10.2. The second-order valence-corrected chi connectivity index (χ2v) is 7.64. The average molecular weight is 340 g/mol. The molecule has 3 nitrogen and oxygen atoms in total. The molecule has 0 aromatic heterocycles. The number of benzene rings is 2. The average Bonchev–Trinajstić information content (AvgIpc) is 3.14. The molecule has 2 aromatic carbocycles. The van der Waals surface area contributed by atoms with Gasteiger partial charge in [-0.25, -0.2) is 0 Å². The van der Waals surface area contributed by atoms with Crippen molar-refractivity contribution in [2.75, 3.05) is 26.2 Å². The molecule has 0 radical (unpaired) electrons. The first-order chi connectivity index (χ1) is 12.1. The van der Waals surface area contributed by atoms with Crippen molar-refractivity contribution in [3.8, 4) is 5.75 Å². The number of aliphatic hydroxyl groups excluding tert-OH is 1. The molecule has 0 amide bonds. The van der Waals surface area contributed by atoms with Gasteiger partial charge in [-0.15, -0.1) is 0 Å². The number of hydrogen-bond donors (Lipinski definition) is 2. The van der Waals surface area contributed by atoms with Gasteiger partial charge in [0.15, 0.2) is 0 Å². The van der Waals surface area contributed by atoms with E-state index >= 15 is 0 Å². The minimum Gasteiger partial charge on any atom is -0.491 e. The minimum absolute atomic E-state index is 0.0432. The topological polar surface area (TPSA) is 33.9 Å². The van der Waals surface area contributed by atoms with Crippen LogP contribution in [0.2, 0.25) is 0 Å². The highest BCUT2D eigenvalue weighted by Crippen LogP contribution is 2.32. The molecular weight excluding hydrogens is 310 g/mol. The monoisotopic (exact) mass is 340 g/mol. The van der Waals surface area contributed by atoms with E-state index in [0.29, 0.717) is 6.61 Å². The van der Waals surface area contributed by atoms with Crippen LogP contribution in [0.1, 0.15) is 37.8 Å². The first-order valence-corrected chi connectivity index (χ1v) is 9.36. The third-order valence-electron chi connectivity index (χ3n) is 5.35. The van der Waals surface area contributed by atoms with Crippen molar-refractivity contribution >= 4 is 0 Å². The van der Waals surface area contributed by atoms with Gasteiger partial charge in [0.05, 0.1) is 13.1 Å². The lowest BCUT2D eigenvalue weighted by Crippen LogP contribution is -3.11. The molecule has 2 aromatic rings. The molecule has 1 heterocycles. The summed E-state index contributed by atoms with van der Waals surface area (Å²) in [5.41, 5.74) is 2.51. The molecule has 3 rings (SSSR count). The minimum atomic E-state index is -0.395. The molecule has 1 aliphatic rings. The van der Waals surface area contributed by atoms with Gasteiger partial charge in [0.2, 0.25) is 0 Å². The van der Waals surface area contributed by atoms with Crippen LogP contribution in [0, 0.1) is 0 Å². The molecule has 0 spiro atoms. The lowest BCUT2D eigenvalue weighted by molar-refractivity contribution is -0.890. The van der Waals surface area contributed by atoms with Crippen LogP contribution in [0.4, 0.5) is 0 Å². The molecule has 0 unspecified atom stereocenters. The molecule has 3 heteroatoms. The van der Waals surface area contributed by atoms with Crippen molar-refractivity contribution in [3.05, 3.63) is 65.7 Å². The fourth-order valence-electron chi connectivity index (χ4n) is 3.65. The zero-order valence-electron chi connectivity index (χ0n) is 15.4. The molecule has 0 saturated carbocycles. The predicted molar refractivity (Wildman–Crippen MR) is 101 cm³/mol. The summed E-state index contributed by atoms with van der Waals surface area (Å²) in [6.45, 7) is 7.99. The van der Waals surface area contributed by atoms with E-state index in [1.54, 1.807) is 0 Å². The quantitative estimate of drug-likeness (QED) is 0.812. The highest BCUT2D eigenvalue weighted by molar-refractivity contribution is 5.39. The second-order valence-electron chi connectivity index (χ2n) is 7.64. The molecule has 0 aliphatic carbocycles. The van der Waals surface area contributed by atoms with E-state index < -0.39 is 6.10 Å². The third kappa shape index (κ3) is 4.62. The fourth-order valence-corrected chi connectivity index (χ4v) is 3.65. The molecule has 1 saturated heterocycles. The lowest BCUT2D eigenvalue weighted by atomic mass is 9.78. The number of rotatable bonds is 7. The molecule has 134 valence electrons. The SMILES string of the molecule is CC(C)(c1ccccc1)c1ccc(OC[C@H](O)C[NH+]2CCCC2)cc1. The fraction of sp³-hybridized carbons (Fsp3) is 0.455. The van der Waals surface area contributed by atoms with Crippen molar-refractivity contribution in [1.82, 2.24) is 0 Å². The van der Waals surface area contributed by atoms with Crippen molar-refractivity contribution in [2.24, 2.45) is 0 Å². The Morgan fingerprint density at radius 3 is 2.20 bits per heavy atom. The van der Waals surface area contributed by atoms with Crippen molar-refractivity contribution < 1.29 is 14.7 Å². The maximum Gasteiger partial charge on any atom is 0.137 e. The lowest BCUT2D eigenvalue weighted by Gasteiger charge is -2.26. The summed E-state index contributed by atoms with van der Waals surface area (Å²) < 4.78 is 5.79. The normalized spacial score (nSPS) is 16.8. The van der Waals surface area contributed by atoms with E-state index in [9.17, 15) is 5.11 Å². The number of likely N-dealkylation sites (tertiary alicyclic amines) is 1. The van der Waals surface area contributed by atoms with Gasteiger partial charge in [-0.05, 0) is 23.3 Å². The zero-order chi connectivity index (χ0) is 17.7. The van der Waals surface area contributed by atoms with Gasteiger partial charge in [0.1, 0.15) is 25.0 Å². The van der Waals surface area contributed by atoms with E-state index in [1.165, 1.54) is 42.0 Å². The Bertz CT molecular complexity index is 645. The van der Waals surface area contributed by atoms with Gasteiger partial charge >= 0.3 is 0 Å². The Balaban J connectivity index is 1.56. The molecule has 1 aliphatic heterocycles. The van der Waals surface area contributed by atoms with E-state index in [4.69, 9.17) is 4.74 Å². The third-order valence-corrected chi connectivity index (χ3v) is 5.35. The van der Waals surface area contributed by atoms with Crippen molar-refractivity contribution in [2.45, 2.75) is 38.2 Å². The van der Waals surface area contributed by atoms with Crippen LogP contribution in [0.25, 0.3) is 0 Å². The van der Waals surface area contributed by atoms with Crippen LogP contribution in [0.5, 0.6) is 5.75 Å². The molecule has 2 N–H and O–H groups in total. The number of aliphatic hydroxyl groups is 1. The molecule has 1 atom stereocenters. The van der Waals surface area contributed by atoms with Crippen LogP contribution in [0.15, 0.2) is 54.6 Å². The summed E-state index contributed by atoms with van der Waals surface area (Å²) in [6, 6.07) is 18.8. The highest BCUT2D eigenvalue weighted by atomic mass is 16.5. The van der Waals surface area contributed by atoms with E-state index in [0.717, 1.165) is 12.3 Å². The van der Waals surface area contributed by atoms with Crippen LogP contribution >= 0.6 is 0 Å². The van der Waals surface area contributed by atoms with Gasteiger partial charge in [0.25, 0.3) is 0 Å². The van der Waals surface area contributed by atoms with Gasteiger partial charge in [-0.3, -0.25) is 0 Å². The Morgan fingerprint density at radius 1 is 0.960 bits per heavy atom. The smallest absolute Gasteiger partial charge is 0.137 e. The number of ether oxygens (including phenoxy) is 1.